The van der Waals surface area contributed by atoms with Crippen molar-refractivity contribution in [3.8, 4) is 0 Å². The SMILES string of the molecule is Fc1cc2cc(Br)nc(Br)c2cc1Br. The first kappa shape index (κ1) is 10.5. The van der Waals surface area contributed by atoms with Crippen LogP contribution < -0.4 is 0 Å². The summed E-state index contributed by atoms with van der Waals surface area (Å²) in [7, 11) is 0. The molecular weight excluding hydrogens is 381 g/mol. The van der Waals surface area contributed by atoms with Crippen molar-refractivity contribution < 1.29 is 4.39 Å². The van der Waals surface area contributed by atoms with E-state index in [1.807, 2.05) is 0 Å². The van der Waals surface area contributed by atoms with E-state index in [2.05, 4.69) is 52.8 Å². The Balaban J connectivity index is 2.89. The first-order chi connectivity index (χ1) is 6.58. The summed E-state index contributed by atoms with van der Waals surface area (Å²) in [6, 6.07) is 4.94. The lowest BCUT2D eigenvalue weighted by molar-refractivity contribution is 0.623. The van der Waals surface area contributed by atoms with Crippen molar-refractivity contribution in [2.75, 3.05) is 0 Å². The summed E-state index contributed by atoms with van der Waals surface area (Å²) in [6.45, 7) is 0. The molecule has 0 spiro atoms. The molecule has 0 amide bonds. The predicted octanol–water partition coefficient (Wildman–Crippen LogP) is 4.66. The van der Waals surface area contributed by atoms with Gasteiger partial charge in [0.05, 0.1) is 4.47 Å². The number of fused-ring (bicyclic) bond motifs is 1. The zero-order valence-corrected chi connectivity index (χ0v) is 11.4. The van der Waals surface area contributed by atoms with Crippen molar-refractivity contribution in [2.45, 2.75) is 0 Å². The highest BCUT2D eigenvalue weighted by Gasteiger charge is 2.06. The van der Waals surface area contributed by atoms with Crippen LogP contribution in [-0.4, -0.2) is 4.98 Å². The van der Waals surface area contributed by atoms with Crippen LogP contribution in [0.25, 0.3) is 10.8 Å². The molecule has 72 valence electrons. The van der Waals surface area contributed by atoms with Crippen LogP contribution in [0, 0.1) is 5.82 Å². The number of halogens is 4. The smallest absolute Gasteiger partial charge is 0.138 e. The van der Waals surface area contributed by atoms with Crippen LogP contribution >= 0.6 is 47.8 Å². The van der Waals surface area contributed by atoms with E-state index in [9.17, 15) is 4.39 Å². The van der Waals surface area contributed by atoms with Crippen LogP contribution in [0.15, 0.2) is 31.9 Å². The molecular formula is C9H3Br3FN. The Hall–Kier alpha value is -0.000000000000000111. The van der Waals surface area contributed by atoms with Gasteiger partial charge in [-0.3, -0.25) is 0 Å². The fourth-order valence-corrected chi connectivity index (χ4v) is 2.71. The van der Waals surface area contributed by atoms with E-state index in [-0.39, 0.29) is 5.82 Å². The number of aromatic nitrogens is 1. The van der Waals surface area contributed by atoms with E-state index in [0.717, 1.165) is 10.8 Å². The first-order valence-corrected chi connectivity index (χ1v) is 6.06. The van der Waals surface area contributed by atoms with Gasteiger partial charge in [-0.15, -0.1) is 0 Å². The number of nitrogens with zero attached hydrogens (tertiary/aromatic N) is 1. The van der Waals surface area contributed by atoms with E-state index < -0.39 is 0 Å². The standard InChI is InChI=1S/C9H3Br3FN/c10-6-3-5-4(1-7(6)13)2-8(11)14-9(5)12/h1-3H. The molecule has 14 heavy (non-hydrogen) atoms. The summed E-state index contributed by atoms with van der Waals surface area (Å²) < 4.78 is 15.0. The van der Waals surface area contributed by atoms with Crippen LogP contribution in [0.5, 0.6) is 0 Å². The van der Waals surface area contributed by atoms with Gasteiger partial charge in [-0.2, -0.15) is 0 Å². The third kappa shape index (κ3) is 1.85. The number of hydrogen-bond donors (Lipinski definition) is 0. The molecule has 0 radical (unpaired) electrons. The second-order valence-electron chi connectivity index (χ2n) is 2.72. The zero-order chi connectivity index (χ0) is 10.3. The summed E-state index contributed by atoms with van der Waals surface area (Å²) in [5, 5.41) is 1.68. The van der Waals surface area contributed by atoms with Gasteiger partial charge in [-0.05, 0) is 71.4 Å². The first-order valence-electron chi connectivity index (χ1n) is 3.69. The zero-order valence-electron chi connectivity index (χ0n) is 6.69. The Kier molecular flexibility index (Phi) is 2.91. The molecule has 2 rings (SSSR count). The summed E-state index contributed by atoms with van der Waals surface area (Å²) in [5.74, 6) is -0.275. The van der Waals surface area contributed by atoms with Crippen molar-refractivity contribution in [1.82, 2.24) is 4.98 Å². The van der Waals surface area contributed by atoms with Crippen LogP contribution in [-0.2, 0) is 0 Å². The lowest BCUT2D eigenvalue weighted by Crippen LogP contribution is -1.84. The molecule has 0 bridgehead atoms. The normalized spacial score (nSPS) is 10.9. The van der Waals surface area contributed by atoms with Gasteiger partial charge in [0, 0.05) is 5.39 Å². The fourth-order valence-electron chi connectivity index (χ4n) is 1.17. The van der Waals surface area contributed by atoms with E-state index in [4.69, 9.17) is 0 Å². The van der Waals surface area contributed by atoms with Gasteiger partial charge in [-0.1, -0.05) is 0 Å². The molecule has 2 aromatic rings. The van der Waals surface area contributed by atoms with Crippen molar-refractivity contribution in [2.24, 2.45) is 0 Å². The molecule has 1 aromatic heterocycles. The molecule has 1 aromatic carbocycles. The van der Waals surface area contributed by atoms with Crippen molar-refractivity contribution in [1.29, 1.82) is 0 Å². The minimum Gasteiger partial charge on any atom is -0.233 e. The second kappa shape index (κ2) is 3.87. The lowest BCUT2D eigenvalue weighted by atomic mass is 10.2. The largest absolute Gasteiger partial charge is 0.233 e. The summed E-state index contributed by atoms with van der Waals surface area (Å²) in [6.07, 6.45) is 0. The third-order valence-corrected chi connectivity index (χ3v) is 3.41. The van der Waals surface area contributed by atoms with E-state index in [1.54, 1.807) is 12.1 Å². The average molecular weight is 384 g/mol. The molecule has 0 saturated carbocycles. The molecule has 1 nitrogen and oxygen atoms in total. The van der Waals surface area contributed by atoms with Crippen LogP contribution in [0.1, 0.15) is 0 Å². The highest BCUT2D eigenvalue weighted by molar-refractivity contribution is 9.11. The number of benzene rings is 1. The van der Waals surface area contributed by atoms with Crippen LogP contribution in [0.3, 0.4) is 0 Å². The highest BCUT2D eigenvalue weighted by Crippen LogP contribution is 2.29. The fraction of sp³-hybridized carbons (Fsp3) is 0. The Bertz CT molecular complexity index is 513. The molecule has 1 heterocycles. The van der Waals surface area contributed by atoms with Gasteiger partial charge in [0.25, 0.3) is 0 Å². The molecule has 0 atom stereocenters. The molecule has 0 fully saturated rings. The predicted molar refractivity (Wildman–Crippen MR) is 64.8 cm³/mol. The van der Waals surface area contributed by atoms with E-state index in [0.29, 0.717) is 13.7 Å². The third-order valence-electron chi connectivity index (χ3n) is 1.79. The molecule has 0 unspecified atom stereocenters. The minimum absolute atomic E-state index is 0.275. The van der Waals surface area contributed by atoms with Crippen molar-refractivity contribution in [3.63, 3.8) is 0 Å². The Morgan fingerprint density at radius 1 is 1.07 bits per heavy atom. The van der Waals surface area contributed by atoms with Gasteiger partial charge in [-0.25, -0.2) is 9.37 Å². The van der Waals surface area contributed by atoms with Gasteiger partial charge in [0.2, 0.25) is 0 Å². The average Bonchev–Trinajstić information content (AvgIpc) is 2.08. The molecule has 5 heteroatoms. The Labute approximate surface area is 105 Å². The molecule has 0 aliphatic heterocycles. The highest BCUT2D eigenvalue weighted by atomic mass is 79.9. The van der Waals surface area contributed by atoms with Crippen LogP contribution in [0.2, 0.25) is 0 Å². The maximum atomic E-state index is 13.2. The van der Waals surface area contributed by atoms with E-state index in [1.165, 1.54) is 6.07 Å². The number of pyridine rings is 1. The van der Waals surface area contributed by atoms with Gasteiger partial charge in [0.1, 0.15) is 15.0 Å². The maximum Gasteiger partial charge on any atom is 0.138 e. The van der Waals surface area contributed by atoms with Crippen molar-refractivity contribution >= 4 is 58.6 Å². The van der Waals surface area contributed by atoms with E-state index >= 15 is 0 Å². The van der Waals surface area contributed by atoms with Gasteiger partial charge in [0.15, 0.2) is 0 Å². The van der Waals surface area contributed by atoms with Gasteiger partial charge >= 0.3 is 0 Å². The second-order valence-corrected chi connectivity index (χ2v) is 5.14. The number of hydrogen-bond acceptors (Lipinski definition) is 1. The summed E-state index contributed by atoms with van der Waals surface area (Å²) in [5.41, 5.74) is 0. The number of rotatable bonds is 0. The van der Waals surface area contributed by atoms with Gasteiger partial charge < -0.3 is 0 Å². The maximum absolute atomic E-state index is 13.2. The monoisotopic (exact) mass is 381 g/mol. The topological polar surface area (TPSA) is 12.9 Å². The quantitative estimate of drug-likeness (QED) is 0.603. The molecule has 0 aliphatic carbocycles. The Morgan fingerprint density at radius 3 is 2.50 bits per heavy atom. The molecule has 0 saturated heterocycles. The molecule has 0 N–H and O–H groups in total. The van der Waals surface area contributed by atoms with Crippen LogP contribution in [0.4, 0.5) is 4.39 Å². The summed E-state index contributed by atoms with van der Waals surface area (Å²) in [4.78, 5) is 4.16. The molecule has 0 aliphatic rings. The lowest BCUT2D eigenvalue weighted by Gasteiger charge is -2.02. The minimum atomic E-state index is -0.275. The Morgan fingerprint density at radius 2 is 1.79 bits per heavy atom. The summed E-state index contributed by atoms with van der Waals surface area (Å²) >= 11 is 9.71. The van der Waals surface area contributed by atoms with Crippen molar-refractivity contribution in [3.05, 3.63) is 37.7 Å².